The van der Waals surface area contributed by atoms with Crippen molar-refractivity contribution >= 4 is 6.16 Å². The fourth-order valence-corrected chi connectivity index (χ4v) is 0.856. The Morgan fingerprint density at radius 3 is 2.57 bits per heavy atom. The SMILES string of the molecule is CC[C@H](C)OC(=O)Oc1ccccc1. The van der Waals surface area contributed by atoms with Crippen LogP contribution in [0.15, 0.2) is 30.3 Å². The van der Waals surface area contributed by atoms with Crippen LogP contribution in [-0.2, 0) is 4.74 Å². The maximum atomic E-state index is 11.1. The van der Waals surface area contributed by atoms with Crippen LogP contribution in [-0.4, -0.2) is 12.3 Å². The van der Waals surface area contributed by atoms with Gasteiger partial charge in [0.15, 0.2) is 0 Å². The van der Waals surface area contributed by atoms with Gasteiger partial charge in [-0.3, -0.25) is 0 Å². The summed E-state index contributed by atoms with van der Waals surface area (Å²) in [4.78, 5) is 11.1. The van der Waals surface area contributed by atoms with E-state index in [1.54, 1.807) is 24.3 Å². The highest BCUT2D eigenvalue weighted by Crippen LogP contribution is 2.10. The number of ether oxygens (including phenoxy) is 2. The van der Waals surface area contributed by atoms with Crippen LogP contribution in [0.5, 0.6) is 5.75 Å². The summed E-state index contributed by atoms with van der Waals surface area (Å²) in [5.41, 5.74) is 0. The van der Waals surface area contributed by atoms with Crippen molar-refractivity contribution in [3.05, 3.63) is 30.3 Å². The first-order valence-electron chi connectivity index (χ1n) is 4.66. The van der Waals surface area contributed by atoms with E-state index in [4.69, 9.17) is 9.47 Å². The number of para-hydroxylation sites is 1. The van der Waals surface area contributed by atoms with Crippen molar-refractivity contribution in [1.29, 1.82) is 0 Å². The molecule has 0 aliphatic carbocycles. The van der Waals surface area contributed by atoms with Crippen molar-refractivity contribution < 1.29 is 14.3 Å². The minimum atomic E-state index is -0.648. The number of carbonyl (C=O) groups is 1. The largest absolute Gasteiger partial charge is 0.514 e. The second-order valence-electron chi connectivity index (χ2n) is 3.00. The number of hydrogen-bond donors (Lipinski definition) is 0. The van der Waals surface area contributed by atoms with Crippen molar-refractivity contribution in [1.82, 2.24) is 0 Å². The van der Waals surface area contributed by atoms with Crippen LogP contribution < -0.4 is 4.74 Å². The molecule has 1 atom stereocenters. The third kappa shape index (κ3) is 3.47. The van der Waals surface area contributed by atoms with Crippen molar-refractivity contribution in [2.24, 2.45) is 0 Å². The van der Waals surface area contributed by atoms with Gasteiger partial charge in [0, 0.05) is 0 Å². The molecule has 0 saturated heterocycles. The van der Waals surface area contributed by atoms with Gasteiger partial charge in [-0.1, -0.05) is 25.1 Å². The summed E-state index contributed by atoms with van der Waals surface area (Å²) in [6.45, 7) is 3.77. The molecule has 1 rings (SSSR count). The topological polar surface area (TPSA) is 35.5 Å². The summed E-state index contributed by atoms with van der Waals surface area (Å²) in [5.74, 6) is 0.501. The highest BCUT2D eigenvalue weighted by atomic mass is 16.7. The van der Waals surface area contributed by atoms with Gasteiger partial charge in [-0.05, 0) is 25.5 Å². The van der Waals surface area contributed by atoms with Crippen LogP contribution in [0.25, 0.3) is 0 Å². The summed E-state index contributed by atoms with van der Waals surface area (Å²) >= 11 is 0. The molecular weight excluding hydrogens is 180 g/mol. The molecule has 76 valence electrons. The monoisotopic (exact) mass is 194 g/mol. The molecule has 0 spiro atoms. The molecule has 0 aliphatic heterocycles. The van der Waals surface area contributed by atoms with Crippen molar-refractivity contribution in [2.45, 2.75) is 26.4 Å². The molecule has 0 fully saturated rings. The lowest BCUT2D eigenvalue weighted by molar-refractivity contribution is 0.0644. The van der Waals surface area contributed by atoms with Gasteiger partial charge in [0.2, 0.25) is 0 Å². The van der Waals surface area contributed by atoms with Gasteiger partial charge < -0.3 is 9.47 Å². The smallest absolute Gasteiger partial charge is 0.431 e. The van der Waals surface area contributed by atoms with E-state index in [1.165, 1.54) is 0 Å². The van der Waals surface area contributed by atoms with Gasteiger partial charge in [-0.2, -0.15) is 0 Å². The van der Waals surface area contributed by atoms with Gasteiger partial charge in [0.25, 0.3) is 0 Å². The summed E-state index contributed by atoms with van der Waals surface area (Å²) in [7, 11) is 0. The highest BCUT2D eigenvalue weighted by Gasteiger charge is 2.09. The van der Waals surface area contributed by atoms with Crippen LogP contribution in [0.2, 0.25) is 0 Å². The zero-order valence-electron chi connectivity index (χ0n) is 8.40. The van der Waals surface area contributed by atoms with Gasteiger partial charge in [0.05, 0.1) is 0 Å². The van der Waals surface area contributed by atoms with Gasteiger partial charge in [0.1, 0.15) is 11.9 Å². The van der Waals surface area contributed by atoms with Gasteiger partial charge >= 0.3 is 6.16 Å². The average molecular weight is 194 g/mol. The maximum absolute atomic E-state index is 11.1. The van der Waals surface area contributed by atoms with Crippen molar-refractivity contribution in [3.8, 4) is 5.75 Å². The van der Waals surface area contributed by atoms with Crippen LogP contribution in [0, 0.1) is 0 Å². The van der Waals surface area contributed by atoms with Crippen LogP contribution in [0.1, 0.15) is 20.3 Å². The number of benzene rings is 1. The molecule has 3 nitrogen and oxygen atoms in total. The molecule has 0 unspecified atom stereocenters. The van der Waals surface area contributed by atoms with Gasteiger partial charge in [-0.25, -0.2) is 4.79 Å². The third-order valence-corrected chi connectivity index (χ3v) is 1.82. The van der Waals surface area contributed by atoms with E-state index < -0.39 is 6.16 Å². The van der Waals surface area contributed by atoms with E-state index >= 15 is 0 Å². The normalized spacial score (nSPS) is 11.9. The Morgan fingerprint density at radius 2 is 2.00 bits per heavy atom. The van der Waals surface area contributed by atoms with E-state index in [-0.39, 0.29) is 6.10 Å². The Kier molecular flexibility index (Phi) is 3.98. The molecule has 0 aliphatic rings. The second kappa shape index (κ2) is 5.27. The molecule has 1 aromatic rings. The summed E-state index contributed by atoms with van der Waals surface area (Å²) in [6, 6.07) is 8.86. The minimum Gasteiger partial charge on any atom is -0.431 e. The lowest BCUT2D eigenvalue weighted by Gasteiger charge is -2.10. The summed E-state index contributed by atoms with van der Waals surface area (Å²) < 4.78 is 9.87. The predicted octanol–water partition coefficient (Wildman–Crippen LogP) is 3.00. The molecule has 3 heteroatoms. The van der Waals surface area contributed by atoms with Crippen molar-refractivity contribution in [2.75, 3.05) is 0 Å². The van der Waals surface area contributed by atoms with Crippen LogP contribution in [0.3, 0.4) is 0 Å². The van der Waals surface area contributed by atoms with E-state index in [1.807, 2.05) is 19.9 Å². The third-order valence-electron chi connectivity index (χ3n) is 1.82. The standard InChI is InChI=1S/C11H14O3/c1-3-9(2)13-11(12)14-10-7-5-4-6-8-10/h4-9H,3H2,1-2H3/t9-/m0/s1. The fraction of sp³-hybridized carbons (Fsp3) is 0.364. The van der Waals surface area contributed by atoms with E-state index in [0.717, 1.165) is 6.42 Å². The second-order valence-corrected chi connectivity index (χ2v) is 3.00. The van der Waals surface area contributed by atoms with E-state index in [2.05, 4.69) is 0 Å². The molecule has 0 aromatic heterocycles. The number of carbonyl (C=O) groups excluding carboxylic acids is 1. The highest BCUT2D eigenvalue weighted by molar-refractivity contribution is 5.63. The Hall–Kier alpha value is -1.51. The molecular formula is C11H14O3. The lowest BCUT2D eigenvalue weighted by Crippen LogP contribution is -2.17. The number of hydrogen-bond acceptors (Lipinski definition) is 3. The average Bonchev–Trinajstić information content (AvgIpc) is 2.19. The molecule has 0 saturated carbocycles. The molecule has 0 amide bonds. The van der Waals surface area contributed by atoms with Crippen LogP contribution >= 0.6 is 0 Å². The van der Waals surface area contributed by atoms with E-state index in [9.17, 15) is 4.79 Å². The first-order chi connectivity index (χ1) is 6.72. The Balaban J connectivity index is 2.42. The lowest BCUT2D eigenvalue weighted by atomic mass is 10.3. The van der Waals surface area contributed by atoms with Crippen LogP contribution in [0.4, 0.5) is 4.79 Å². The predicted molar refractivity (Wildman–Crippen MR) is 53.3 cm³/mol. The Labute approximate surface area is 83.6 Å². The molecule has 0 radical (unpaired) electrons. The first kappa shape index (κ1) is 10.6. The quantitative estimate of drug-likeness (QED) is 0.548. The Bertz CT molecular complexity index is 282. The maximum Gasteiger partial charge on any atom is 0.514 e. The van der Waals surface area contributed by atoms with Gasteiger partial charge in [-0.15, -0.1) is 0 Å². The minimum absolute atomic E-state index is 0.105. The zero-order chi connectivity index (χ0) is 10.4. The molecule has 0 bridgehead atoms. The van der Waals surface area contributed by atoms with Crippen molar-refractivity contribution in [3.63, 3.8) is 0 Å². The molecule has 0 heterocycles. The molecule has 14 heavy (non-hydrogen) atoms. The molecule has 1 aromatic carbocycles. The Morgan fingerprint density at radius 1 is 1.36 bits per heavy atom. The van der Waals surface area contributed by atoms with E-state index in [0.29, 0.717) is 5.75 Å². The summed E-state index contributed by atoms with van der Waals surface area (Å²) in [6.07, 6.45) is 0.0286. The first-order valence-corrected chi connectivity index (χ1v) is 4.66. The fourth-order valence-electron chi connectivity index (χ4n) is 0.856. The molecule has 0 N–H and O–H groups in total. The zero-order valence-corrected chi connectivity index (χ0v) is 8.40. The number of rotatable bonds is 3. The summed E-state index contributed by atoms with van der Waals surface area (Å²) in [5, 5.41) is 0.